The number of benzene rings is 2. The summed E-state index contributed by atoms with van der Waals surface area (Å²) in [5.74, 6) is -2.12. The number of amides is 2. The SMILES string of the molecule is O=C(CN1C(=O)c2ccccc2S1(=O)=O)Nc1ccc(F)cc1Cl. The van der Waals surface area contributed by atoms with Crippen molar-refractivity contribution < 1.29 is 22.4 Å². The first-order valence-electron chi connectivity index (χ1n) is 6.72. The van der Waals surface area contributed by atoms with Crippen molar-refractivity contribution in [3.05, 3.63) is 58.9 Å². The third-order valence-corrected chi connectivity index (χ3v) is 5.50. The molecule has 0 radical (unpaired) electrons. The summed E-state index contributed by atoms with van der Waals surface area (Å²) in [6.07, 6.45) is 0. The molecule has 3 rings (SSSR count). The molecule has 2 aromatic carbocycles. The fraction of sp³-hybridized carbons (Fsp3) is 0.0667. The van der Waals surface area contributed by atoms with Crippen LogP contribution < -0.4 is 5.32 Å². The van der Waals surface area contributed by atoms with Crippen molar-refractivity contribution in [3.63, 3.8) is 0 Å². The van der Waals surface area contributed by atoms with Gasteiger partial charge in [-0.25, -0.2) is 17.1 Å². The zero-order chi connectivity index (χ0) is 17.5. The highest BCUT2D eigenvalue weighted by Crippen LogP contribution is 2.30. The van der Waals surface area contributed by atoms with Gasteiger partial charge < -0.3 is 5.32 Å². The van der Waals surface area contributed by atoms with E-state index in [-0.39, 0.29) is 21.2 Å². The van der Waals surface area contributed by atoms with Crippen LogP contribution in [-0.4, -0.2) is 31.1 Å². The van der Waals surface area contributed by atoms with E-state index in [2.05, 4.69) is 5.32 Å². The highest BCUT2D eigenvalue weighted by atomic mass is 35.5. The van der Waals surface area contributed by atoms with Crippen molar-refractivity contribution in [2.45, 2.75) is 4.90 Å². The molecule has 0 saturated carbocycles. The number of rotatable bonds is 3. The van der Waals surface area contributed by atoms with Gasteiger partial charge in [0.2, 0.25) is 5.91 Å². The van der Waals surface area contributed by atoms with Gasteiger partial charge in [-0.3, -0.25) is 9.59 Å². The molecule has 6 nitrogen and oxygen atoms in total. The van der Waals surface area contributed by atoms with Crippen LogP contribution in [0.2, 0.25) is 5.02 Å². The molecule has 0 spiro atoms. The molecule has 24 heavy (non-hydrogen) atoms. The number of nitrogens with zero attached hydrogens (tertiary/aromatic N) is 1. The van der Waals surface area contributed by atoms with Crippen LogP contribution in [0.25, 0.3) is 0 Å². The zero-order valence-electron chi connectivity index (χ0n) is 12.0. The number of anilines is 1. The number of sulfonamides is 1. The molecular weight excluding hydrogens is 359 g/mol. The van der Waals surface area contributed by atoms with Crippen LogP contribution >= 0.6 is 11.6 Å². The average Bonchev–Trinajstić information content (AvgIpc) is 2.72. The van der Waals surface area contributed by atoms with Gasteiger partial charge in [-0.05, 0) is 30.3 Å². The molecule has 0 aromatic heterocycles. The first-order chi connectivity index (χ1) is 11.3. The highest BCUT2D eigenvalue weighted by molar-refractivity contribution is 7.90. The summed E-state index contributed by atoms with van der Waals surface area (Å²) in [5.41, 5.74) is 0.134. The number of hydrogen-bond donors (Lipinski definition) is 1. The molecule has 0 atom stereocenters. The van der Waals surface area contributed by atoms with Crippen LogP contribution in [0.15, 0.2) is 47.4 Å². The molecule has 9 heteroatoms. The molecule has 1 N–H and O–H groups in total. The summed E-state index contributed by atoms with van der Waals surface area (Å²) in [6.45, 7) is -0.705. The number of carbonyl (C=O) groups excluding carboxylic acids is 2. The number of nitrogens with one attached hydrogen (secondary N) is 1. The second kappa shape index (κ2) is 5.88. The Labute approximate surface area is 141 Å². The van der Waals surface area contributed by atoms with Gasteiger partial charge >= 0.3 is 0 Å². The van der Waals surface area contributed by atoms with E-state index in [0.717, 1.165) is 12.1 Å². The van der Waals surface area contributed by atoms with E-state index < -0.39 is 34.2 Å². The molecule has 0 fully saturated rings. The van der Waals surface area contributed by atoms with Crippen LogP contribution in [0.4, 0.5) is 10.1 Å². The lowest BCUT2D eigenvalue weighted by molar-refractivity contribution is -0.116. The summed E-state index contributed by atoms with van der Waals surface area (Å²) in [7, 11) is -4.07. The summed E-state index contributed by atoms with van der Waals surface area (Å²) in [6, 6.07) is 9.05. The molecule has 0 bridgehead atoms. The van der Waals surface area contributed by atoms with E-state index in [4.69, 9.17) is 11.6 Å². The predicted octanol–water partition coefficient (Wildman–Crippen LogP) is 2.26. The van der Waals surface area contributed by atoms with E-state index >= 15 is 0 Å². The van der Waals surface area contributed by atoms with Crippen LogP contribution in [0.5, 0.6) is 0 Å². The molecule has 1 heterocycles. The minimum Gasteiger partial charge on any atom is -0.323 e. The lowest BCUT2D eigenvalue weighted by atomic mass is 10.2. The third-order valence-electron chi connectivity index (χ3n) is 3.40. The first-order valence-corrected chi connectivity index (χ1v) is 8.53. The second-order valence-corrected chi connectivity index (χ2v) is 7.22. The van der Waals surface area contributed by atoms with Crippen molar-refractivity contribution in [2.75, 3.05) is 11.9 Å². The van der Waals surface area contributed by atoms with Gasteiger partial charge in [0, 0.05) is 0 Å². The van der Waals surface area contributed by atoms with Crippen molar-refractivity contribution in [1.29, 1.82) is 0 Å². The van der Waals surface area contributed by atoms with Gasteiger partial charge in [-0.15, -0.1) is 0 Å². The molecule has 1 aliphatic heterocycles. The topological polar surface area (TPSA) is 83.6 Å². The molecule has 0 saturated heterocycles. The summed E-state index contributed by atoms with van der Waals surface area (Å²) < 4.78 is 38.2. The number of fused-ring (bicyclic) bond motifs is 1. The minimum atomic E-state index is -4.07. The first kappa shape index (κ1) is 16.4. The Hall–Kier alpha value is -2.45. The molecule has 0 unspecified atom stereocenters. The highest BCUT2D eigenvalue weighted by Gasteiger charge is 2.41. The number of halogens is 2. The lowest BCUT2D eigenvalue weighted by Gasteiger charge is -2.15. The average molecular weight is 369 g/mol. The van der Waals surface area contributed by atoms with Gasteiger partial charge in [0.15, 0.2) is 0 Å². The molecular formula is C15H10ClFN2O4S. The van der Waals surface area contributed by atoms with Gasteiger partial charge in [0.05, 0.1) is 16.3 Å². The maximum absolute atomic E-state index is 13.0. The molecule has 2 aromatic rings. The predicted molar refractivity (Wildman–Crippen MR) is 84.7 cm³/mol. The Morgan fingerprint density at radius 2 is 1.92 bits per heavy atom. The Bertz CT molecular complexity index is 962. The minimum absolute atomic E-state index is 0.0186. The van der Waals surface area contributed by atoms with Gasteiger partial charge in [0.1, 0.15) is 17.3 Å². The van der Waals surface area contributed by atoms with Crippen LogP contribution in [0.1, 0.15) is 10.4 Å². The molecule has 0 aliphatic carbocycles. The molecule has 2 amide bonds. The second-order valence-electron chi connectivity index (χ2n) is 4.99. The van der Waals surface area contributed by atoms with Crippen molar-refractivity contribution >= 4 is 39.1 Å². The van der Waals surface area contributed by atoms with E-state index in [0.29, 0.717) is 4.31 Å². The molecule has 1 aliphatic rings. The fourth-order valence-electron chi connectivity index (χ4n) is 2.30. The Morgan fingerprint density at radius 1 is 1.21 bits per heavy atom. The van der Waals surface area contributed by atoms with Crippen molar-refractivity contribution in [1.82, 2.24) is 4.31 Å². The standard InChI is InChI=1S/C15H10ClFN2O4S/c16-11-7-9(17)5-6-12(11)18-14(20)8-19-15(21)10-3-1-2-4-13(10)24(19,22)23/h1-7H,8H2,(H,18,20). The van der Waals surface area contributed by atoms with E-state index in [1.807, 2.05) is 0 Å². The summed E-state index contributed by atoms with van der Waals surface area (Å²) >= 11 is 5.79. The van der Waals surface area contributed by atoms with E-state index in [9.17, 15) is 22.4 Å². The molecule has 124 valence electrons. The quantitative estimate of drug-likeness (QED) is 0.900. The summed E-state index contributed by atoms with van der Waals surface area (Å²) in [4.78, 5) is 24.1. The number of carbonyl (C=O) groups is 2. The van der Waals surface area contributed by atoms with Crippen LogP contribution in [0.3, 0.4) is 0 Å². The summed E-state index contributed by atoms with van der Waals surface area (Å²) in [5, 5.41) is 2.31. The Kier molecular flexibility index (Phi) is 4.02. The van der Waals surface area contributed by atoms with Gasteiger partial charge in [-0.2, -0.15) is 0 Å². The van der Waals surface area contributed by atoms with E-state index in [1.54, 1.807) is 0 Å². The van der Waals surface area contributed by atoms with Gasteiger partial charge in [0.25, 0.3) is 15.9 Å². The van der Waals surface area contributed by atoms with Crippen molar-refractivity contribution in [2.24, 2.45) is 0 Å². The monoisotopic (exact) mass is 368 g/mol. The van der Waals surface area contributed by atoms with Gasteiger partial charge in [-0.1, -0.05) is 23.7 Å². The van der Waals surface area contributed by atoms with Crippen molar-refractivity contribution in [3.8, 4) is 0 Å². The Morgan fingerprint density at radius 3 is 2.58 bits per heavy atom. The number of hydrogen-bond acceptors (Lipinski definition) is 4. The van der Waals surface area contributed by atoms with E-state index in [1.165, 1.54) is 30.3 Å². The smallest absolute Gasteiger partial charge is 0.269 e. The normalized spacial score (nSPS) is 15.2. The maximum atomic E-state index is 13.0. The Balaban J connectivity index is 1.82. The van der Waals surface area contributed by atoms with Crippen LogP contribution in [-0.2, 0) is 14.8 Å². The fourth-order valence-corrected chi connectivity index (χ4v) is 4.04. The zero-order valence-corrected chi connectivity index (χ0v) is 13.6. The lowest BCUT2D eigenvalue weighted by Crippen LogP contribution is -2.37. The maximum Gasteiger partial charge on any atom is 0.269 e. The van der Waals surface area contributed by atoms with Crippen LogP contribution in [0, 0.1) is 5.82 Å². The third kappa shape index (κ3) is 2.74. The largest absolute Gasteiger partial charge is 0.323 e.